The zero-order valence-electron chi connectivity index (χ0n) is 12.6. The third-order valence-electron chi connectivity index (χ3n) is 3.57. The number of aliphatic hydroxyl groups is 1. The van der Waals surface area contributed by atoms with Crippen LogP contribution in [-0.2, 0) is 4.74 Å². The van der Waals surface area contributed by atoms with Gasteiger partial charge in [0.1, 0.15) is 50.3 Å². The molecular weight excluding hydrogens is 254 g/mol. The van der Waals surface area contributed by atoms with E-state index in [4.69, 9.17) is 9.47 Å². The Hall–Kier alpha value is -1.10. The van der Waals surface area contributed by atoms with Gasteiger partial charge in [0.2, 0.25) is 0 Å². The van der Waals surface area contributed by atoms with Gasteiger partial charge >= 0.3 is 0 Å². The molecule has 0 amide bonds. The Morgan fingerprint density at radius 2 is 2.05 bits per heavy atom. The van der Waals surface area contributed by atoms with Crippen molar-refractivity contribution in [1.82, 2.24) is 0 Å². The lowest BCUT2D eigenvalue weighted by Gasteiger charge is -2.33. The Morgan fingerprint density at radius 1 is 1.35 bits per heavy atom. The molecule has 112 valence electrons. The number of hydrogen-bond donors (Lipinski definition) is 2. The minimum Gasteiger partial charge on any atom is -0.491 e. The van der Waals surface area contributed by atoms with Gasteiger partial charge in [-0.15, -0.1) is 0 Å². The normalized spacial score (nSPS) is 28.1. The molecule has 1 aliphatic rings. The van der Waals surface area contributed by atoms with Gasteiger partial charge in [-0.25, -0.2) is 0 Å². The fourth-order valence-electron chi connectivity index (χ4n) is 2.85. The first-order chi connectivity index (χ1) is 9.52. The molecule has 1 unspecified atom stereocenters. The fourth-order valence-corrected chi connectivity index (χ4v) is 2.85. The molecule has 20 heavy (non-hydrogen) atoms. The first-order valence-corrected chi connectivity index (χ1v) is 7.39. The van der Waals surface area contributed by atoms with Crippen LogP contribution in [0.2, 0.25) is 0 Å². The maximum absolute atomic E-state index is 10.1. The Morgan fingerprint density at radius 3 is 2.70 bits per heavy atom. The van der Waals surface area contributed by atoms with E-state index in [1.54, 1.807) is 0 Å². The molecule has 0 saturated carbocycles. The van der Waals surface area contributed by atoms with Crippen molar-refractivity contribution in [3.63, 3.8) is 0 Å². The number of nitrogens with one attached hydrogen (secondary N) is 1. The van der Waals surface area contributed by atoms with Gasteiger partial charge in [-0.05, 0) is 38.5 Å². The number of rotatable bonds is 5. The molecule has 0 spiro atoms. The third-order valence-corrected chi connectivity index (χ3v) is 3.57. The van der Waals surface area contributed by atoms with Crippen LogP contribution in [0.5, 0.6) is 5.75 Å². The van der Waals surface area contributed by atoms with Crippen molar-refractivity contribution < 1.29 is 19.5 Å². The van der Waals surface area contributed by atoms with E-state index in [9.17, 15) is 5.11 Å². The summed E-state index contributed by atoms with van der Waals surface area (Å²) in [6.45, 7) is 9.17. The average Bonchev–Trinajstić information content (AvgIpc) is 2.35. The second-order valence-electron chi connectivity index (χ2n) is 5.90. The first kappa shape index (κ1) is 15.3. The SMILES string of the molecule is Cc1cccc(OC[C@H](O)C[NH+]2C[C@@H](C)O[C@@H](C)C2)c1. The standard InChI is InChI=1S/C16H25NO3/c1-12-5-4-6-16(7-12)19-11-15(18)10-17-8-13(2)20-14(3)9-17/h4-7,13-15,18H,8-11H2,1-3H3/p+1/t13-,14+,15-/m1/s1. The summed E-state index contributed by atoms with van der Waals surface area (Å²) in [7, 11) is 0. The van der Waals surface area contributed by atoms with Crippen LogP contribution in [0.4, 0.5) is 0 Å². The van der Waals surface area contributed by atoms with E-state index in [1.807, 2.05) is 31.2 Å². The first-order valence-electron chi connectivity index (χ1n) is 7.39. The van der Waals surface area contributed by atoms with Gasteiger partial charge in [-0.1, -0.05) is 12.1 Å². The third kappa shape index (κ3) is 4.78. The van der Waals surface area contributed by atoms with Gasteiger partial charge in [-0.2, -0.15) is 0 Å². The Labute approximate surface area is 121 Å². The quantitative estimate of drug-likeness (QED) is 0.822. The number of ether oxygens (including phenoxy) is 2. The average molecular weight is 280 g/mol. The van der Waals surface area contributed by atoms with Crippen LogP contribution in [-0.4, -0.2) is 49.7 Å². The van der Waals surface area contributed by atoms with Gasteiger partial charge < -0.3 is 19.5 Å². The van der Waals surface area contributed by atoms with E-state index in [0.717, 1.165) is 18.8 Å². The summed E-state index contributed by atoms with van der Waals surface area (Å²) in [4.78, 5) is 1.39. The molecule has 0 aromatic heterocycles. The largest absolute Gasteiger partial charge is 0.491 e. The summed E-state index contributed by atoms with van der Waals surface area (Å²) in [5, 5.41) is 10.1. The summed E-state index contributed by atoms with van der Waals surface area (Å²) < 4.78 is 11.4. The summed E-state index contributed by atoms with van der Waals surface area (Å²) in [6.07, 6.45) is 0.0836. The predicted molar refractivity (Wildman–Crippen MR) is 78.3 cm³/mol. The van der Waals surface area contributed by atoms with Crippen molar-refractivity contribution in [1.29, 1.82) is 0 Å². The molecule has 2 rings (SSSR count). The van der Waals surface area contributed by atoms with Gasteiger partial charge in [0.25, 0.3) is 0 Å². The molecule has 1 heterocycles. The molecule has 4 heteroatoms. The Bertz CT molecular complexity index is 414. The van der Waals surface area contributed by atoms with Crippen LogP contribution >= 0.6 is 0 Å². The van der Waals surface area contributed by atoms with Gasteiger partial charge in [0.15, 0.2) is 0 Å². The van der Waals surface area contributed by atoms with Crippen LogP contribution in [0.25, 0.3) is 0 Å². The lowest BCUT2D eigenvalue weighted by Crippen LogP contribution is -3.16. The minimum absolute atomic E-state index is 0.263. The highest BCUT2D eigenvalue weighted by Crippen LogP contribution is 2.12. The van der Waals surface area contributed by atoms with E-state index in [-0.39, 0.29) is 12.2 Å². The van der Waals surface area contributed by atoms with Crippen LogP contribution in [0.1, 0.15) is 19.4 Å². The van der Waals surface area contributed by atoms with Crippen LogP contribution in [0.3, 0.4) is 0 Å². The lowest BCUT2D eigenvalue weighted by atomic mass is 10.2. The van der Waals surface area contributed by atoms with E-state index in [1.165, 1.54) is 10.5 Å². The topological polar surface area (TPSA) is 43.1 Å². The van der Waals surface area contributed by atoms with Crippen molar-refractivity contribution in [2.75, 3.05) is 26.2 Å². The number of hydrogen-bond acceptors (Lipinski definition) is 3. The molecular formula is C16H26NO3+. The highest BCUT2D eigenvalue weighted by atomic mass is 16.5. The molecule has 4 atom stereocenters. The lowest BCUT2D eigenvalue weighted by molar-refractivity contribution is -0.918. The van der Waals surface area contributed by atoms with E-state index in [0.29, 0.717) is 13.2 Å². The molecule has 1 aromatic carbocycles. The van der Waals surface area contributed by atoms with Crippen molar-refractivity contribution in [2.45, 2.75) is 39.1 Å². The molecule has 0 radical (unpaired) electrons. The zero-order valence-corrected chi connectivity index (χ0v) is 12.6. The van der Waals surface area contributed by atoms with Crippen LogP contribution in [0, 0.1) is 6.92 Å². The van der Waals surface area contributed by atoms with Crippen molar-refractivity contribution in [3.8, 4) is 5.75 Å². The summed E-state index contributed by atoms with van der Waals surface area (Å²) in [6, 6.07) is 7.90. The number of morpholine rings is 1. The van der Waals surface area contributed by atoms with E-state index < -0.39 is 6.10 Å². The smallest absolute Gasteiger partial charge is 0.137 e. The van der Waals surface area contributed by atoms with Crippen molar-refractivity contribution >= 4 is 0 Å². The fraction of sp³-hybridized carbons (Fsp3) is 0.625. The molecule has 1 aromatic rings. The van der Waals surface area contributed by atoms with Crippen LogP contribution < -0.4 is 9.64 Å². The highest BCUT2D eigenvalue weighted by molar-refractivity contribution is 5.27. The van der Waals surface area contributed by atoms with E-state index >= 15 is 0 Å². The number of quaternary nitrogens is 1. The van der Waals surface area contributed by atoms with Gasteiger partial charge in [0, 0.05) is 0 Å². The Balaban J connectivity index is 1.76. The van der Waals surface area contributed by atoms with Gasteiger partial charge in [0.05, 0.1) is 0 Å². The minimum atomic E-state index is -0.442. The summed E-state index contributed by atoms with van der Waals surface area (Å²) in [5.74, 6) is 0.822. The van der Waals surface area contributed by atoms with Crippen molar-refractivity contribution in [3.05, 3.63) is 29.8 Å². The molecule has 0 bridgehead atoms. The molecule has 1 fully saturated rings. The second kappa shape index (κ2) is 7.07. The van der Waals surface area contributed by atoms with E-state index in [2.05, 4.69) is 13.8 Å². The second-order valence-corrected chi connectivity index (χ2v) is 5.90. The highest BCUT2D eigenvalue weighted by Gasteiger charge is 2.27. The molecule has 1 saturated heterocycles. The molecule has 4 nitrogen and oxygen atoms in total. The molecule has 2 N–H and O–H groups in total. The van der Waals surface area contributed by atoms with Crippen molar-refractivity contribution in [2.24, 2.45) is 0 Å². The molecule has 0 aliphatic carbocycles. The maximum Gasteiger partial charge on any atom is 0.137 e. The van der Waals surface area contributed by atoms with Gasteiger partial charge in [-0.3, -0.25) is 0 Å². The predicted octanol–water partition coefficient (Wildman–Crippen LogP) is 0.427. The summed E-state index contributed by atoms with van der Waals surface area (Å²) >= 11 is 0. The monoisotopic (exact) mass is 280 g/mol. The van der Waals surface area contributed by atoms with Crippen LogP contribution in [0.15, 0.2) is 24.3 Å². The maximum atomic E-state index is 10.1. The number of benzene rings is 1. The molecule has 1 aliphatic heterocycles. The summed E-state index contributed by atoms with van der Waals surface area (Å²) in [5.41, 5.74) is 1.17. The number of aliphatic hydroxyl groups excluding tert-OH is 1. The Kier molecular flexibility index (Phi) is 5.40. The number of aryl methyl sites for hydroxylation is 1. The zero-order chi connectivity index (χ0) is 14.5.